The molecule has 2 aromatic carbocycles. The maximum Gasteiger partial charge on any atom is 0.331 e. The van der Waals surface area contributed by atoms with Gasteiger partial charge in [0.2, 0.25) is 0 Å². The van der Waals surface area contributed by atoms with Crippen molar-refractivity contribution in [3.05, 3.63) is 53.6 Å². The number of hydrogen-bond donors (Lipinski definition) is 2. The Morgan fingerprint density at radius 3 is 2.73 bits per heavy atom. The molecule has 2 aromatic rings. The molecular weight excluding hydrogens is 390 g/mol. The van der Waals surface area contributed by atoms with Gasteiger partial charge in [-0.2, -0.15) is 0 Å². The van der Waals surface area contributed by atoms with Crippen molar-refractivity contribution in [3.8, 4) is 23.0 Å². The van der Waals surface area contributed by atoms with Crippen LogP contribution in [0, 0.1) is 0 Å². The molecule has 1 aliphatic heterocycles. The number of carbonyl (C=O) groups excluding carboxylic acids is 2. The molecule has 0 fully saturated rings. The number of carbonyl (C=O) groups is 2. The van der Waals surface area contributed by atoms with E-state index >= 15 is 0 Å². The maximum atomic E-state index is 11.9. The van der Waals surface area contributed by atoms with E-state index in [2.05, 4.69) is 5.32 Å². The van der Waals surface area contributed by atoms with Crippen LogP contribution in [0.25, 0.3) is 6.08 Å². The van der Waals surface area contributed by atoms with Crippen molar-refractivity contribution >= 4 is 18.0 Å². The van der Waals surface area contributed by atoms with E-state index in [9.17, 15) is 14.7 Å². The number of amides is 1. The number of fused-ring (bicyclic) bond motifs is 1. The zero-order valence-corrected chi connectivity index (χ0v) is 16.6. The minimum atomic E-state index is -0.649. The molecule has 2 N–H and O–H groups in total. The van der Waals surface area contributed by atoms with Gasteiger partial charge in [-0.05, 0) is 47.9 Å². The number of phenols is 1. The quantitative estimate of drug-likeness (QED) is 0.504. The molecule has 0 saturated heterocycles. The number of rotatable bonds is 8. The van der Waals surface area contributed by atoms with Gasteiger partial charge in [-0.25, -0.2) is 4.79 Å². The molecule has 0 radical (unpaired) electrons. The monoisotopic (exact) mass is 413 g/mol. The fourth-order valence-electron chi connectivity index (χ4n) is 2.79. The Labute approximate surface area is 174 Å². The van der Waals surface area contributed by atoms with Gasteiger partial charge in [0.15, 0.2) is 29.6 Å². The highest BCUT2D eigenvalue weighted by Crippen LogP contribution is 2.30. The predicted octanol–water partition coefficient (Wildman–Crippen LogP) is 2.09. The van der Waals surface area contributed by atoms with Crippen LogP contribution in [-0.4, -0.2) is 50.5 Å². The summed E-state index contributed by atoms with van der Waals surface area (Å²) in [7, 11) is 1.43. The average molecular weight is 413 g/mol. The summed E-state index contributed by atoms with van der Waals surface area (Å²) in [6, 6.07) is 10.3. The van der Waals surface area contributed by atoms with E-state index in [0.717, 1.165) is 11.3 Å². The highest BCUT2D eigenvalue weighted by molar-refractivity contribution is 5.89. The van der Waals surface area contributed by atoms with Gasteiger partial charge in [-0.3, -0.25) is 4.79 Å². The SMILES string of the molecule is COc1cc(/C=C/C(=O)OCC(=O)NCCc2ccc3c(c2)OCCO3)ccc1O. The summed E-state index contributed by atoms with van der Waals surface area (Å²) in [4.78, 5) is 23.6. The molecule has 0 unspecified atom stereocenters. The molecule has 0 aromatic heterocycles. The lowest BCUT2D eigenvalue weighted by Crippen LogP contribution is -2.30. The molecule has 1 aliphatic rings. The number of methoxy groups -OCH3 is 1. The van der Waals surface area contributed by atoms with E-state index in [4.69, 9.17) is 18.9 Å². The Balaban J connectivity index is 1.38. The summed E-state index contributed by atoms with van der Waals surface area (Å²) in [6.07, 6.45) is 3.32. The van der Waals surface area contributed by atoms with Crippen LogP contribution in [0.3, 0.4) is 0 Å². The van der Waals surface area contributed by atoms with Gasteiger partial charge in [0, 0.05) is 12.6 Å². The molecule has 0 bridgehead atoms. The summed E-state index contributed by atoms with van der Waals surface area (Å²) in [6.45, 7) is 1.09. The number of aromatic hydroxyl groups is 1. The van der Waals surface area contributed by atoms with E-state index in [1.165, 1.54) is 25.3 Å². The van der Waals surface area contributed by atoms with E-state index < -0.39 is 5.97 Å². The van der Waals surface area contributed by atoms with E-state index in [1.807, 2.05) is 18.2 Å². The lowest BCUT2D eigenvalue weighted by molar-refractivity contribution is -0.143. The summed E-state index contributed by atoms with van der Waals surface area (Å²) in [5, 5.41) is 12.3. The minimum absolute atomic E-state index is 0.00476. The zero-order chi connectivity index (χ0) is 21.3. The van der Waals surface area contributed by atoms with Crippen LogP contribution < -0.4 is 19.5 Å². The van der Waals surface area contributed by atoms with Gasteiger partial charge in [0.1, 0.15) is 13.2 Å². The fraction of sp³-hybridized carbons (Fsp3) is 0.273. The van der Waals surface area contributed by atoms with Gasteiger partial charge in [0.25, 0.3) is 5.91 Å². The number of esters is 1. The van der Waals surface area contributed by atoms with Crippen molar-refractivity contribution in [2.45, 2.75) is 6.42 Å². The Morgan fingerprint density at radius 2 is 1.93 bits per heavy atom. The van der Waals surface area contributed by atoms with E-state index in [0.29, 0.717) is 43.2 Å². The van der Waals surface area contributed by atoms with E-state index in [-0.39, 0.29) is 18.3 Å². The van der Waals surface area contributed by atoms with Crippen LogP contribution in [0.4, 0.5) is 0 Å². The lowest BCUT2D eigenvalue weighted by Gasteiger charge is -2.18. The molecule has 0 atom stereocenters. The molecule has 1 heterocycles. The molecule has 0 spiro atoms. The van der Waals surface area contributed by atoms with Gasteiger partial charge < -0.3 is 29.4 Å². The minimum Gasteiger partial charge on any atom is -0.504 e. The first-order chi connectivity index (χ1) is 14.5. The van der Waals surface area contributed by atoms with Crippen molar-refractivity contribution in [1.82, 2.24) is 5.32 Å². The van der Waals surface area contributed by atoms with Crippen molar-refractivity contribution in [1.29, 1.82) is 0 Å². The van der Waals surface area contributed by atoms with Gasteiger partial charge >= 0.3 is 5.97 Å². The van der Waals surface area contributed by atoms with Crippen molar-refractivity contribution in [2.24, 2.45) is 0 Å². The van der Waals surface area contributed by atoms with Gasteiger partial charge in [0.05, 0.1) is 7.11 Å². The molecule has 0 aliphatic carbocycles. The molecule has 1 amide bonds. The summed E-state index contributed by atoms with van der Waals surface area (Å²) in [5.74, 6) is 0.689. The van der Waals surface area contributed by atoms with Crippen molar-refractivity contribution < 1.29 is 33.6 Å². The lowest BCUT2D eigenvalue weighted by atomic mass is 10.1. The maximum absolute atomic E-state index is 11.9. The van der Waals surface area contributed by atoms with Crippen molar-refractivity contribution in [2.75, 3.05) is 33.5 Å². The standard InChI is InChI=1S/C22H23NO7/c1-27-19-12-15(2-5-17(19)24)4-7-22(26)30-14-21(25)23-9-8-16-3-6-18-20(13-16)29-11-10-28-18/h2-7,12-13,24H,8-11,14H2,1H3,(H,23,25)/b7-4+. The second kappa shape index (κ2) is 10.2. The van der Waals surface area contributed by atoms with Crippen LogP contribution >= 0.6 is 0 Å². The number of benzene rings is 2. The van der Waals surface area contributed by atoms with Gasteiger partial charge in [-0.1, -0.05) is 12.1 Å². The molecule has 8 nitrogen and oxygen atoms in total. The van der Waals surface area contributed by atoms with Crippen molar-refractivity contribution in [3.63, 3.8) is 0 Å². The largest absolute Gasteiger partial charge is 0.504 e. The average Bonchev–Trinajstić information content (AvgIpc) is 2.77. The Morgan fingerprint density at radius 1 is 1.13 bits per heavy atom. The fourth-order valence-corrected chi connectivity index (χ4v) is 2.79. The van der Waals surface area contributed by atoms with Crippen LogP contribution in [0.5, 0.6) is 23.0 Å². The molecule has 30 heavy (non-hydrogen) atoms. The first kappa shape index (κ1) is 21.0. The zero-order valence-electron chi connectivity index (χ0n) is 16.6. The Bertz CT molecular complexity index is 939. The topological polar surface area (TPSA) is 103 Å². The Kier molecular flexibility index (Phi) is 7.15. The first-order valence-corrected chi connectivity index (χ1v) is 9.42. The third-order valence-electron chi connectivity index (χ3n) is 4.30. The number of nitrogens with one attached hydrogen (secondary N) is 1. The van der Waals surface area contributed by atoms with Crippen LogP contribution in [0.15, 0.2) is 42.5 Å². The normalized spacial score (nSPS) is 12.4. The number of hydrogen-bond acceptors (Lipinski definition) is 7. The second-order valence-electron chi connectivity index (χ2n) is 6.45. The summed E-state index contributed by atoms with van der Waals surface area (Å²) < 4.78 is 20.9. The molecule has 158 valence electrons. The van der Waals surface area contributed by atoms with Crippen LogP contribution in [-0.2, 0) is 20.7 Å². The van der Waals surface area contributed by atoms with E-state index in [1.54, 1.807) is 12.1 Å². The summed E-state index contributed by atoms with van der Waals surface area (Å²) >= 11 is 0. The predicted molar refractivity (Wildman–Crippen MR) is 109 cm³/mol. The number of phenolic OH excluding ortho intramolecular Hbond substituents is 1. The molecule has 8 heteroatoms. The Hall–Kier alpha value is -3.68. The molecule has 0 saturated carbocycles. The second-order valence-corrected chi connectivity index (χ2v) is 6.45. The highest BCUT2D eigenvalue weighted by atomic mass is 16.6. The first-order valence-electron chi connectivity index (χ1n) is 9.42. The third kappa shape index (κ3) is 5.91. The molecule has 3 rings (SSSR count). The smallest absolute Gasteiger partial charge is 0.331 e. The highest BCUT2D eigenvalue weighted by Gasteiger charge is 2.12. The van der Waals surface area contributed by atoms with Gasteiger partial charge in [-0.15, -0.1) is 0 Å². The molecular formula is C22H23NO7. The summed E-state index contributed by atoms with van der Waals surface area (Å²) in [5.41, 5.74) is 1.65. The van der Waals surface area contributed by atoms with Crippen LogP contribution in [0.1, 0.15) is 11.1 Å². The number of ether oxygens (including phenoxy) is 4. The van der Waals surface area contributed by atoms with Crippen LogP contribution in [0.2, 0.25) is 0 Å². The third-order valence-corrected chi connectivity index (χ3v) is 4.30.